The molecule has 1 aliphatic carbocycles. The first kappa shape index (κ1) is 19.7. The Labute approximate surface area is 182 Å². The van der Waals surface area contributed by atoms with Crippen LogP contribution in [0.4, 0.5) is 5.69 Å². The summed E-state index contributed by atoms with van der Waals surface area (Å²) in [5.41, 5.74) is 2.29. The third kappa shape index (κ3) is 3.19. The molecule has 31 heavy (non-hydrogen) atoms. The van der Waals surface area contributed by atoms with Crippen LogP contribution in [0.15, 0.2) is 78.9 Å². The average Bonchev–Trinajstić information content (AvgIpc) is 3.03. The van der Waals surface area contributed by atoms with Crippen molar-refractivity contribution in [3.8, 4) is 0 Å². The fourth-order valence-corrected chi connectivity index (χ4v) is 5.10. The number of carbonyl (C=O) groups excluding carboxylic acids is 2. The summed E-state index contributed by atoms with van der Waals surface area (Å²) in [7, 11) is 0. The van der Waals surface area contributed by atoms with Gasteiger partial charge in [-0.3, -0.25) is 9.59 Å². The number of benzene rings is 3. The van der Waals surface area contributed by atoms with Gasteiger partial charge >= 0.3 is 0 Å². The van der Waals surface area contributed by atoms with Crippen LogP contribution in [-0.2, 0) is 23.2 Å². The molecular formula is C27H25NO3. The Morgan fingerprint density at radius 1 is 0.903 bits per heavy atom. The van der Waals surface area contributed by atoms with Crippen molar-refractivity contribution in [3.05, 3.63) is 101 Å². The summed E-state index contributed by atoms with van der Waals surface area (Å²) in [4.78, 5) is 28.6. The maximum absolute atomic E-state index is 13.6. The zero-order valence-corrected chi connectivity index (χ0v) is 17.3. The third-order valence-corrected chi connectivity index (χ3v) is 6.67. The molecule has 1 heterocycles. The van der Waals surface area contributed by atoms with Crippen LogP contribution in [0.25, 0.3) is 0 Å². The SMILES string of the molecule is O=C1c2ccccc2CC[C@@H]1[C@@]1(O)C(=O)N(CCCc2ccccc2)c2ccccc21. The number of ketones is 1. The van der Waals surface area contributed by atoms with Gasteiger partial charge in [-0.1, -0.05) is 72.8 Å². The highest BCUT2D eigenvalue weighted by Crippen LogP contribution is 2.48. The van der Waals surface area contributed by atoms with Crippen LogP contribution in [-0.4, -0.2) is 23.3 Å². The molecule has 0 unspecified atom stereocenters. The van der Waals surface area contributed by atoms with Crippen molar-refractivity contribution >= 4 is 17.4 Å². The number of Topliss-reactive ketones (excluding diaryl/α,β-unsaturated/α-hetero) is 1. The van der Waals surface area contributed by atoms with Crippen molar-refractivity contribution in [1.29, 1.82) is 0 Å². The van der Waals surface area contributed by atoms with Gasteiger partial charge < -0.3 is 10.0 Å². The first-order valence-electron chi connectivity index (χ1n) is 10.9. The standard InChI is InChI=1S/C27H25NO3/c29-25-21-13-5-4-12-20(21)16-17-23(25)27(31)22-14-6-7-15-24(22)28(26(27)30)18-8-11-19-9-2-1-3-10-19/h1-7,9-10,12-15,23,31H,8,11,16-18H2/t23-,27+/m0/s1. The number of anilines is 1. The summed E-state index contributed by atoms with van der Waals surface area (Å²) in [6.45, 7) is 0.505. The van der Waals surface area contributed by atoms with Crippen LogP contribution in [0.2, 0.25) is 0 Å². The summed E-state index contributed by atoms with van der Waals surface area (Å²) in [6.07, 6.45) is 2.77. The van der Waals surface area contributed by atoms with Gasteiger partial charge in [-0.15, -0.1) is 0 Å². The molecule has 4 nitrogen and oxygen atoms in total. The Kier molecular flexibility index (Phi) is 4.95. The van der Waals surface area contributed by atoms with E-state index in [1.807, 2.05) is 54.6 Å². The molecule has 0 aromatic heterocycles. The molecule has 1 N–H and O–H groups in total. The Hall–Kier alpha value is -3.24. The third-order valence-electron chi connectivity index (χ3n) is 6.67. The van der Waals surface area contributed by atoms with Gasteiger partial charge in [0.1, 0.15) is 0 Å². The van der Waals surface area contributed by atoms with E-state index in [9.17, 15) is 14.7 Å². The molecule has 0 fully saturated rings. The van der Waals surface area contributed by atoms with Crippen molar-refractivity contribution in [2.24, 2.45) is 5.92 Å². The zero-order chi connectivity index (χ0) is 21.4. The van der Waals surface area contributed by atoms with E-state index < -0.39 is 11.5 Å². The molecular weight excluding hydrogens is 386 g/mol. The van der Waals surface area contributed by atoms with Gasteiger partial charge in [-0.05, 0) is 42.9 Å². The highest BCUT2D eigenvalue weighted by atomic mass is 16.3. The maximum atomic E-state index is 13.6. The Morgan fingerprint density at radius 2 is 1.61 bits per heavy atom. The van der Waals surface area contributed by atoms with Crippen LogP contribution in [0.3, 0.4) is 0 Å². The average molecular weight is 412 g/mol. The number of amides is 1. The summed E-state index contributed by atoms with van der Waals surface area (Å²) < 4.78 is 0. The lowest BCUT2D eigenvalue weighted by Crippen LogP contribution is -2.50. The van der Waals surface area contributed by atoms with Crippen molar-refractivity contribution in [1.82, 2.24) is 0 Å². The minimum atomic E-state index is -1.81. The van der Waals surface area contributed by atoms with Crippen molar-refractivity contribution in [2.45, 2.75) is 31.3 Å². The molecule has 0 radical (unpaired) electrons. The van der Waals surface area contributed by atoms with Gasteiger partial charge in [0.05, 0.1) is 11.6 Å². The number of rotatable bonds is 5. The van der Waals surface area contributed by atoms with Gasteiger partial charge in [-0.25, -0.2) is 0 Å². The normalized spacial score (nSPS) is 22.4. The number of hydrogen-bond donors (Lipinski definition) is 1. The molecule has 3 aromatic rings. The first-order valence-corrected chi connectivity index (χ1v) is 10.9. The fourth-order valence-electron chi connectivity index (χ4n) is 5.10. The van der Waals surface area contributed by atoms with Gasteiger partial charge in [0.25, 0.3) is 5.91 Å². The van der Waals surface area contributed by atoms with E-state index in [0.29, 0.717) is 30.5 Å². The zero-order valence-electron chi connectivity index (χ0n) is 17.3. The smallest absolute Gasteiger partial charge is 0.264 e. The summed E-state index contributed by atoms with van der Waals surface area (Å²) >= 11 is 0. The van der Waals surface area contributed by atoms with E-state index in [0.717, 1.165) is 24.1 Å². The first-order chi connectivity index (χ1) is 15.1. The van der Waals surface area contributed by atoms with E-state index in [-0.39, 0.29) is 11.7 Å². The predicted molar refractivity (Wildman–Crippen MR) is 120 cm³/mol. The fraction of sp³-hybridized carbons (Fsp3) is 0.259. The minimum absolute atomic E-state index is 0.140. The second-order valence-corrected chi connectivity index (χ2v) is 8.44. The van der Waals surface area contributed by atoms with E-state index >= 15 is 0 Å². The second kappa shape index (κ2) is 7.78. The van der Waals surface area contributed by atoms with Crippen LogP contribution < -0.4 is 4.90 Å². The highest BCUT2D eigenvalue weighted by molar-refractivity contribution is 6.12. The number of carbonyl (C=O) groups is 2. The largest absolute Gasteiger partial charge is 0.375 e. The molecule has 0 saturated carbocycles. The maximum Gasteiger partial charge on any atom is 0.264 e. The van der Waals surface area contributed by atoms with Crippen molar-refractivity contribution in [3.63, 3.8) is 0 Å². The Bertz CT molecular complexity index is 1140. The summed E-state index contributed by atoms with van der Waals surface area (Å²) in [5.74, 6) is -1.28. The molecule has 0 spiro atoms. The summed E-state index contributed by atoms with van der Waals surface area (Å²) in [5, 5.41) is 11.8. The van der Waals surface area contributed by atoms with Crippen LogP contribution >= 0.6 is 0 Å². The molecule has 4 heteroatoms. The Morgan fingerprint density at radius 3 is 2.45 bits per heavy atom. The molecule has 5 rings (SSSR count). The van der Waals surface area contributed by atoms with Gasteiger partial charge in [-0.2, -0.15) is 0 Å². The molecule has 1 aliphatic heterocycles. The monoisotopic (exact) mass is 411 g/mol. The minimum Gasteiger partial charge on any atom is -0.375 e. The lowest BCUT2D eigenvalue weighted by molar-refractivity contribution is -0.140. The van der Waals surface area contributed by atoms with E-state index in [1.54, 1.807) is 17.0 Å². The summed E-state index contributed by atoms with van der Waals surface area (Å²) in [6, 6.07) is 25.0. The number of aliphatic hydroxyl groups is 1. The van der Waals surface area contributed by atoms with E-state index in [1.165, 1.54) is 5.56 Å². The molecule has 2 atom stereocenters. The lowest BCUT2D eigenvalue weighted by atomic mass is 9.71. The predicted octanol–water partition coefficient (Wildman–Crippen LogP) is 4.30. The van der Waals surface area contributed by atoms with Crippen LogP contribution in [0, 0.1) is 5.92 Å². The number of hydrogen-bond acceptors (Lipinski definition) is 3. The number of aryl methyl sites for hydroxylation is 2. The topological polar surface area (TPSA) is 57.6 Å². The molecule has 0 saturated heterocycles. The number of nitrogens with zero attached hydrogens (tertiary/aromatic N) is 1. The molecule has 0 bridgehead atoms. The van der Waals surface area contributed by atoms with Crippen molar-refractivity contribution < 1.29 is 14.7 Å². The molecule has 156 valence electrons. The molecule has 2 aliphatic rings. The Balaban J connectivity index is 1.44. The number of para-hydroxylation sites is 1. The lowest BCUT2D eigenvalue weighted by Gasteiger charge is -2.34. The van der Waals surface area contributed by atoms with Crippen LogP contribution in [0.1, 0.15) is 39.9 Å². The quantitative estimate of drug-likeness (QED) is 0.681. The highest BCUT2D eigenvalue weighted by Gasteiger charge is 2.57. The number of fused-ring (bicyclic) bond motifs is 2. The van der Waals surface area contributed by atoms with E-state index in [2.05, 4.69) is 12.1 Å². The molecule has 3 aromatic carbocycles. The van der Waals surface area contributed by atoms with Crippen LogP contribution in [0.5, 0.6) is 0 Å². The van der Waals surface area contributed by atoms with E-state index in [4.69, 9.17) is 0 Å². The van der Waals surface area contributed by atoms with Crippen molar-refractivity contribution in [2.75, 3.05) is 11.4 Å². The molecule has 1 amide bonds. The van der Waals surface area contributed by atoms with Gasteiger partial charge in [0.2, 0.25) is 0 Å². The van der Waals surface area contributed by atoms with Gasteiger partial charge in [0.15, 0.2) is 11.4 Å². The van der Waals surface area contributed by atoms with Gasteiger partial charge in [0, 0.05) is 17.7 Å². The second-order valence-electron chi connectivity index (χ2n) is 8.44.